The molecule has 0 unspecified atom stereocenters. The van der Waals surface area contributed by atoms with Gasteiger partial charge in [0.25, 0.3) is 0 Å². The van der Waals surface area contributed by atoms with Crippen LogP contribution in [0.5, 0.6) is 0 Å². The van der Waals surface area contributed by atoms with E-state index >= 15 is 0 Å². The lowest BCUT2D eigenvalue weighted by Gasteiger charge is -2.23. The minimum Gasteiger partial charge on any atom is -0.301 e. The molecule has 1 amide bonds. The van der Waals surface area contributed by atoms with Crippen LogP contribution in [-0.4, -0.2) is 18.1 Å². The normalized spacial score (nSPS) is 19.8. The number of para-hydroxylation sites is 1. The first-order chi connectivity index (χ1) is 7.41. The number of rotatable bonds is 0. The maximum absolute atomic E-state index is 12.4. The van der Waals surface area contributed by atoms with Gasteiger partial charge in [0.2, 0.25) is 0 Å². The van der Waals surface area contributed by atoms with Crippen molar-refractivity contribution < 1.29 is 18.0 Å². The molecule has 1 aromatic rings. The van der Waals surface area contributed by atoms with E-state index in [4.69, 9.17) is 0 Å². The second kappa shape index (κ2) is 3.50. The second-order valence-corrected chi connectivity index (χ2v) is 3.85. The van der Waals surface area contributed by atoms with E-state index in [1.807, 2.05) is 0 Å². The van der Waals surface area contributed by atoms with Gasteiger partial charge in [0.15, 0.2) is 0 Å². The van der Waals surface area contributed by atoms with Gasteiger partial charge in [0, 0.05) is 11.7 Å². The van der Waals surface area contributed by atoms with E-state index in [0.29, 0.717) is 12.1 Å². The highest BCUT2D eigenvalue weighted by molar-refractivity contribution is 5.99. The third-order valence-electron chi connectivity index (χ3n) is 2.67. The Morgan fingerprint density at radius 1 is 1.38 bits per heavy atom. The maximum Gasteiger partial charge on any atom is 0.471 e. The fourth-order valence-corrected chi connectivity index (χ4v) is 2.01. The van der Waals surface area contributed by atoms with Crippen LogP contribution in [0, 0.1) is 0 Å². The zero-order valence-electron chi connectivity index (χ0n) is 8.58. The predicted octanol–water partition coefficient (Wildman–Crippen LogP) is 2.53. The summed E-state index contributed by atoms with van der Waals surface area (Å²) in [5, 5.41) is 0. The zero-order chi connectivity index (χ0) is 11.9. The van der Waals surface area contributed by atoms with Crippen molar-refractivity contribution in [2.45, 2.75) is 25.6 Å². The Balaban J connectivity index is 2.40. The summed E-state index contributed by atoms with van der Waals surface area (Å²) in [5.41, 5.74) is 1.16. The smallest absolute Gasteiger partial charge is 0.301 e. The van der Waals surface area contributed by atoms with E-state index in [0.717, 1.165) is 10.5 Å². The van der Waals surface area contributed by atoms with Crippen LogP contribution in [0.3, 0.4) is 0 Å². The first-order valence-electron chi connectivity index (χ1n) is 4.89. The number of hydrogen-bond acceptors (Lipinski definition) is 1. The van der Waals surface area contributed by atoms with Gasteiger partial charge < -0.3 is 4.90 Å². The van der Waals surface area contributed by atoms with Crippen LogP contribution in [0.25, 0.3) is 0 Å². The molecule has 0 bridgehead atoms. The molecule has 1 atom stereocenters. The Morgan fingerprint density at radius 2 is 2.00 bits per heavy atom. The third kappa shape index (κ3) is 1.66. The molecule has 0 aliphatic carbocycles. The summed E-state index contributed by atoms with van der Waals surface area (Å²) < 4.78 is 37.1. The second-order valence-electron chi connectivity index (χ2n) is 3.85. The Hall–Kier alpha value is -1.52. The molecule has 0 fully saturated rings. The molecule has 0 saturated carbocycles. The number of fused-ring (bicyclic) bond motifs is 1. The number of hydrogen-bond donors (Lipinski definition) is 0. The topological polar surface area (TPSA) is 20.3 Å². The molecule has 2 nitrogen and oxygen atoms in total. The zero-order valence-corrected chi connectivity index (χ0v) is 8.58. The highest BCUT2D eigenvalue weighted by Gasteiger charge is 2.46. The van der Waals surface area contributed by atoms with Crippen molar-refractivity contribution >= 4 is 11.6 Å². The lowest BCUT2D eigenvalue weighted by molar-refractivity contribution is -0.170. The van der Waals surface area contributed by atoms with E-state index < -0.39 is 18.1 Å². The summed E-state index contributed by atoms with van der Waals surface area (Å²) in [6.07, 6.45) is -4.34. The number of anilines is 1. The van der Waals surface area contributed by atoms with Crippen LogP contribution in [-0.2, 0) is 11.2 Å². The molecule has 1 aliphatic heterocycles. The number of halogens is 3. The van der Waals surface area contributed by atoms with Gasteiger partial charge in [-0.3, -0.25) is 4.79 Å². The average Bonchev–Trinajstić information content (AvgIpc) is 2.51. The fraction of sp³-hybridized carbons (Fsp3) is 0.364. The molecule has 1 aromatic carbocycles. The van der Waals surface area contributed by atoms with Crippen LogP contribution in [0.4, 0.5) is 18.9 Å². The SMILES string of the molecule is C[C@H]1Cc2ccccc2N1C(=O)C(F)(F)F. The standard InChI is InChI=1S/C11H10F3NO/c1-7-6-8-4-2-3-5-9(8)15(7)10(16)11(12,13)14/h2-5,7H,6H2,1H3/t7-/m0/s1. The van der Waals surface area contributed by atoms with Crippen LogP contribution < -0.4 is 4.90 Å². The molecule has 0 N–H and O–H groups in total. The molecule has 16 heavy (non-hydrogen) atoms. The quantitative estimate of drug-likeness (QED) is 0.669. The molecule has 0 radical (unpaired) electrons. The number of carbonyl (C=O) groups is 1. The van der Waals surface area contributed by atoms with Crippen LogP contribution in [0.1, 0.15) is 12.5 Å². The van der Waals surface area contributed by atoms with Crippen LogP contribution >= 0.6 is 0 Å². The van der Waals surface area contributed by atoms with E-state index in [1.165, 1.54) is 0 Å². The van der Waals surface area contributed by atoms with Crippen molar-refractivity contribution in [2.75, 3.05) is 4.90 Å². The Labute approximate surface area is 90.7 Å². The summed E-state index contributed by atoms with van der Waals surface area (Å²) in [5.74, 6) is -1.79. The molecular weight excluding hydrogens is 219 g/mol. The molecule has 0 saturated heterocycles. The molecule has 86 valence electrons. The van der Waals surface area contributed by atoms with Crippen LogP contribution in [0.2, 0.25) is 0 Å². The maximum atomic E-state index is 12.4. The molecule has 2 rings (SSSR count). The van der Waals surface area contributed by atoms with Crippen molar-refractivity contribution in [2.24, 2.45) is 0 Å². The first kappa shape index (κ1) is 11.0. The lowest BCUT2D eigenvalue weighted by atomic mass is 10.1. The van der Waals surface area contributed by atoms with Crippen molar-refractivity contribution in [3.63, 3.8) is 0 Å². The highest BCUT2D eigenvalue weighted by Crippen LogP contribution is 2.34. The average molecular weight is 229 g/mol. The number of amides is 1. The van der Waals surface area contributed by atoms with Crippen LogP contribution in [0.15, 0.2) is 24.3 Å². The summed E-state index contributed by atoms with van der Waals surface area (Å²) in [6, 6.07) is 6.24. The predicted molar refractivity (Wildman–Crippen MR) is 53.1 cm³/mol. The van der Waals surface area contributed by atoms with Gasteiger partial charge in [-0.05, 0) is 25.0 Å². The minimum absolute atomic E-state index is 0.373. The van der Waals surface area contributed by atoms with E-state index in [2.05, 4.69) is 0 Å². The number of carbonyl (C=O) groups excluding carboxylic acids is 1. The van der Waals surface area contributed by atoms with Gasteiger partial charge in [-0.15, -0.1) is 0 Å². The van der Waals surface area contributed by atoms with E-state index in [1.54, 1.807) is 31.2 Å². The third-order valence-corrected chi connectivity index (χ3v) is 2.67. The number of nitrogens with zero attached hydrogens (tertiary/aromatic N) is 1. The Bertz CT molecular complexity index is 427. The Kier molecular flexibility index (Phi) is 2.40. The highest BCUT2D eigenvalue weighted by atomic mass is 19.4. The summed E-state index contributed by atoms with van der Waals surface area (Å²) in [4.78, 5) is 12.1. The van der Waals surface area contributed by atoms with Crippen molar-refractivity contribution in [1.29, 1.82) is 0 Å². The molecule has 1 heterocycles. The largest absolute Gasteiger partial charge is 0.471 e. The van der Waals surface area contributed by atoms with Crippen molar-refractivity contribution in [3.05, 3.63) is 29.8 Å². The molecule has 0 aromatic heterocycles. The summed E-state index contributed by atoms with van der Waals surface area (Å²) in [7, 11) is 0. The first-order valence-corrected chi connectivity index (χ1v) is 4.89. The van der Waals surface area contributed by atoms with Crippen molar-refractivity contribution in [1.82, 2.24) is 0 Å². The van der Waals surface area contributed by atoms with Gasteiger partial charge in [-0.25, -0.2) is 0 Å². The van der Waals surface area contributed by atoms with Gasteiger partial charge in [0.1, 0.15) is 0 Å². The Morgan fingerprint density at radius 3 is 2.62 bits per heavy atom. The van der Waals surface area contributed by atoms with E-state index in [9.17, 15) is 18.0 Å². The van der Waals surface area contributed by atoms with Crippen molar-refractivity contribution in [3.8, 4) is 0 Å². The summed E-state index contributed by atoms with van der Waals surface area (Å²) >= 11 is 0. The minimum atomic E-state index is -4.81. The molecule has 0 spiro atoms. The fourth-order valence-electron chi connectivity index (χ4n) is 2.01. The van der Waals surface area contributed by atoms with Gasteiger partial charge in [-0.2, -0.15) is 13.2 Å². The van der Waals surface area contributed by atoms with Gasteiger partial charge in [-0.1, -0.05) is 18.2 Å². The van der Waals surface area contributed by atoms with Gasteiger partial charge >= 0.3 is 12.1 Å². The monoisotopic (exact) mass is 229 g/mol. The number of benzene rings is 1. The van der Waals surface area contributed by atoms with Gasteiger partial charge in [0.05, 0.1) is 0 Å². The van der Waals surface area contributed by atoms with E-state index in [-0.39, 0.29) is 0 Å². The molecule has 1 aliphatic rings. The molecule has 5 heteroatoms. The number of alkyl halides is 3. The summed E-state index contributed by atoms with van der Waals surface area (Å²) in [6.45, 7) is 1.61. The molecular formula is C11H10F3NO. The lowest BCUT2D eigenvalue weighted by Crippen LogP contribution is -2.44.